The molecule has 0 radical (unpaired) electrons. The zero-order chi connectivity index (χ0) is 18.7. The summed E-state index contributed by atoms with van der Waals surface area (Å²) in [4.78, 5) is 9.43. The van der Waals surface area contributed by atoms with Crippen molar-refractivity contribution in [1.29, 1.82) is 0 Å². The highest BCUT2D eigenvalue weighted by Crippen LogP contribution is 2.10. The Bertz CT molecular complexity index is 551. The second kappa shape index (κ2) is 11.3. The molecule has 6 heteroatoms. The largest absolute Gasteiger partial charge is 0.376 e. The number of hydrogen-bond acceptors (Lipinski definition) is 4. The number of ether oxygens (including phenoxy) is 1. The minimum atomic E-state index is 0.343. The van der Waals surface area contributed by atoms with Gasteiger partial charge in [0.05, 0.1) is 6.10 Å². The Hall–Kier alpha value is -1.63. The highest BCUT2D eigenvalue weighted by atomic mass is 16.5. The summed E-state index contributed by atoms with van der Waals surface area (Å²) in [5, 5.41) is 6.79. The molecular weight excluding hydrogens is 338 g/mol. The Kier molecular flexibility index (Phi) is 8.39. The SMILES string of the molecule is CN=C(NCCCN1CCN(Cc2ccccc2)CC1)NCC1CCCO1. The van der Waals surface area contributed by atoms with Crippen LogP contribution in [0, 0.1) is 0 Å². The molecule has 0 aromatic heterocycles. The minimum absolute atomic E-state index is 0.343. The van der Waals surface area contributed by atoms with E-state index in [0.717, 1.165) is 64.7 Å². The number of nitrogens with one attached hydrogen (secondary N) is 2. The van der Waals surface area contributed by atoms with E-state index in [2.05, 4.69) is 55.8 Å². The van der Waals surface area contributed by atoms with Crippen molar-refractivity contribution in [3.8, 4) is 0 Å². The van der Waals surface area contributed by atoms with Crippen LogP contribution in [0.3, 0.4) is 0 Å². The van der Waals surface area contributed by atoms with Gasteiger partial charge in [0, 0.05) is 59.5 Å². The van der Waals surface area contributed by atoms with Gasteiger partial charge in [0.15, 0.2) is 5.96 Å². The fourth-order valence-corrected chi connectivity index (χ4v) is 3.76. The summed E-state index contributed by atoms with van der Waals surface area (Å²) in [6.45, 7) is 9.57. The molecule has 2 fully saturated rings. The van der Waals surface area contributed by atoms with Gasteiger partial charge in [0.2, 0.25) is 0 Å². The molecule has 2 aliphatic heterocycles. The lowest BCUT2D eigenvalue weighted by molar-refractivity contribution is 0.113. The molecule has 2 heterocycles. The van der Waals surface area contributed by atoms with Crippen LogP contribution in [0.5, 0.6) is 0 Å². The zero-order valence-electron chi connectivity index (χ0n) is 16.7. The average Bonchev–Trinajstić information content (AvgIpc) is 3.23. The maximum absolute atomic E-state index is 5.64. The van der Waals surface area contributed by atoms with Crippen LogP contribution < -0.4 is 10.6 Å². The van der Waals surface area contributed by atoms with E-state index in [1.54, 1.807) is 0 Å². The highest BCUT2D eigenvalue weighted by molar-refractivity contribution is 5.79. The van der Waals surface area contributed by atoms with Crippen molar-refractivity contribution >= 4 is 5.96 Å². The van der Waals surface area contributed by atoms with Crippen molar-refractivity contribution in [2.45, 2.75) is 31.9 Å². The minimum Gasteiger partial charge on any atom is -0.376 e. The lowest BCUT2D eigenvalue weighted by Crippen LogP contribution is -2.47. The first-order valence-electron chi connectivity index (χ1n) is 10.4. The van der Waals surface area contributed by atoms with Crippen molar-refractivity contribution in [3.63, 3.8) is 0 Å². The molecule has 6 nitrogen and oxygen atoms in total. The van der Waals surface area contributed by atoms with Crippen LogP contribution in [-0.4, -0.2) is 81.3 Å². The van der Waals surface area contributed by atoms with Crippen LogP contribution >= 0.6 is 0 Å². The first kappa shape index (κ1) is 20.1. The normalized spacial score (nSPS) is 22.1. The lowest BCUT2D eigenvalue weighted by atomic mass is 10.2. The maximum Gasteiger partial charge on any atom is 0.191 e. The number of rotatable bonds is 8. The molecule has 0 bridgehead atoms. The van der Waals surface area contributed by atoms with Crippen LogP contribution in [0.25, 0.3) is 0 Å². The Morgan fingerprint density at radius 1 is 1.11 bits per heavy atom. The number of piperazine rings is 1. The molecule has 2 N–H and O–H groups in total. The van der Waals surface area contributed by atoms with Crippen molar-refractivity contribution in [2.75, 3.05) is 59.5 Å². The van der Waals surface area contributed by atoms with Gasteiger partial charge < -0.3 is 20.3 Å². The van der Waals surface area contributed by atoms with Crippen molar-refractivity contribution in [2.24, 2.45) is 4.99 Å². The lowest BCUT2D eigenvalue weighted by Gasteiger charge is -2.34. The molecule has 3 rings (SSSR count). The van der Waals surface area contributed by atoms with E-state index in [0.29, 0.717) is 6.10 Å². The summed E-state index contributed by atoms with van der Waals surface area (Å²) in [6.07, 6.45) is 3.81. The summed E-state index contributed by atoms with van der Waals surface area (Å²) in [5.74, 6) is 0.887. The first-order chi connectivity index (χ1) is 13.3. The molecule has 27 heavy (non-hydrogen) atoms. The van der Waals surface area contributed by atoms with Gasteiger partial charge >= 0.3 is 0 Å². The smallest absolute Gasteiger partial charge is 0.191 e. The summed E-state index contributed by atoms with van der Waals surface area (Å²) in [5.41, 5.74) is 1.41. The molecular formula is C21H35N5O. The molecule has 0 saturated carbocycles. The summed E-state index contributed by atoms with van der Waals surface area (Å²) >= 11 is 0. The Morgan fingerprint density at radius 2 is 1.89 bits per heavy atom. The van der Waals surface area contributed by atoms with Gasteiger partial charge in [0.1, 0.15) is 0 Å². The molecule has 1 unspecified atom stereocenters. The number of nitrogens with zero attached hydrogens (tertiary/aromatic N) is 3. The van der Waals surface area contributed by atoms with Crippen molar-refractivity contribution < 1.29 is 4.74 Å². The first-order valence-corrected chi connectivity index (χ1v) is 10.4. The van der Waals surface area contributed by atoms with Gasteiger partial charge in [-0.15, -0.1) is 0 Å². The Balaban J connectivity index is 1.24. The molecule has 1 aromatic carbocycles. The number of guanidine groups is 1. The van der Waals surface area contributed by atoms with Crippen LogP contribution in [0.15, 0.2) is 35.3 Å². The van der Waals surface area contributed by atoms with E-state index in [1.165, 1.54) is 25.1 Å². The molecule has 1 aromatic rings. The standard InChI is InChI=1S/C21H35N5O/c1-22-21(24-17-20-9-5-16-27-20)23-10-6-11-25-12-14-26(15-13-25)18-19-7-3-2-4-8-19/h2-4,7-8,20H,5-6,9-18H2,1H3,(H2,22,23,24). The topological polar surface area (TPSA) is 52.1 Å². The summed E-state index contributed by atoms with van der Waals surface area (Å²) in [7, 11) is 1.83. The predicted octanol–water partition coefficient (Wildman–Crippen LogP) is 1.54. The van der Waals surface area contributed by atoms with Gasteiger partial charge in [-0.05, 0) is 31.4 Å². The van der Waals surface area contributed by atoms with Crippen LogP contribution in [0.1, 0.15) is 24.8 Å². The second-order valence-electron chi connectivity index (χ2n) is 7.47. The Morgan fingerprint density at radius 3 is 2.59 bits per heavy atom. The molecule has 0 amide bonds. The van der Waals surface area contributed by atoms with Gasteiger partial charge in [-0.25, -0.2) is 0 Å². The molecule has 1 atom stereocenters. The molecule has 150 valence electrons. The Labute approximate surface area is 164 Å². The van der Waals surface area contributed by atoms with Crippen LogP contribution in [-0.2, 0) is 11.3 Å². The van der Waals surface area contributed by atoms with Gasteiger partial charge in [-0.3, -0.25) is 9.89 Å². The third-order valence-corrected chi connectivity index (χ3v) is 5.40. The molecule has 0 spiro atoms. The van der Waals surface area contributed by atoms with Crippen LogP contribution in [0.4, 0.5) is 0 Å². The quantitative estimate of drug-likeness (QED) is 0.411. The predicted molar refractivity (Wildman–Crippen MR) is 111 cm³/mol. The molecule has 2 saturated heterocycles. The maximum atomic E-state index is 5.64. The van der Waals surface area contributed by atoms with E-state index in [-0.39, 0.29) is 0 Å². The van der Waals surface area contributed by atoms with Gasteiger partial charge in [0.25, 0.3) is 0 Å². The third-order valence-electron chi connectivity index (χ3n) is 5.40. The highest BCUT2D eigenvalue weighted by Gasteiger charge is 2.17. The number of aliphatic imine (C=N–C) groups is 1. The van der Waals surface area contributed by atoms with E-state index >= 15 is 0 Å². The van der Waals surface area contributed by atoms with Crippen molar-refractivity contribution in [3.05, 3.63) is 35.9 Å². The van der Waals surface area contributed by atoms with Gasteiger partial charge in [-0.1, -0.05) is 30.3 Å². The average molecular weight is 374 g/mol. The van der Waals surface area contributed by atoms with Gasteiger partial charge in [-0.2, -0.15) is 0 Å². The summed E-state index contributed by atoms with van der Waals surface area (Å²) in [6, 6.07) is 10.8. The fraction of sp³-hybridized carbons (Fsp3) is 0.667. The molecule has 2 aliphatic rings. The van der Waals surface area contributed by atoms with Crippen molar-refractivity contribution in [1.82, 2.24) is 20.4 Å². The van der Waals surface area contributed by atoms with Crippen LogP contribution in [0.2, 0.25) is 0 Å². The monoisotopic (exact) mass is 373 g/mol. The van der Waals surface area contributed by atoms with E-state index in [9.17, 15) is 0 Å². The zero-order valence-corrected chi connectivity index (χ0v) is 16.7. The van der Waals surface area contributed by atoms with E-state index < -0.39 is 0 Å². The second-order valence-corrected chi connectivity index (χ2v) is 7.47. The number of benzene rings is 1. The third kappa shape index (κ3) is 7.13. The summed E-state index contributed by atoms with van der Waals surface area (Å²) < 4.78 is 5.64. The van der Waals surface area contributed by atoms with E-state index in [1.807, 2.05) is 7.05 Å². The molecule has 0 aliphatic carbocycles. The van der Waals surface area contributed by atoms with E-state index in [4.69, 9.17) is 4.74 Å². The number of hydrogen-bond donors (Lipinski definition) is 2. The fourth-order valence-electron chi connectivity index (χ4n) is 3.76.